The van der Waals surface area contributed by atoms with Crippen molar-refractivity contribution in [3.05, 3.63) is 46.2 Å². The number of aryl methyl sites for hydroxylation is 1. The van der Waals surface area contributed by atoms with Crippen molar-refractivity contribution in [2.24, 2.45) is 0 Å². The molecule has 1 atom stereocenters. The predicted molar refractivity (Wildman–Crippen MR) is 67.7 cm³/mol. The van der Waals surface area contributed by atoms with Crippen molar-refractivity contribution in [1.29, 1.82) is 0 Å². The van der Waals surface area contributed by atoms with Crippen LogP contribution in [-0.4, -0.2) is 4.98 Å². The first-order valence-corrected chi connectivity index (χ1v) is 6.53. The summed E-state index contributed by atoms with van der Waals surface area (Å²) < 4.78 is 12.9. The SMILES string of the molecule is Nc1nc2c(s1)CC(c1ccc(F)cc1)CC2. The molecule has 3 rings (SSSR count). The number of anilines is 1. The summed E-state index contributed by atoms with van der Waals surface area (Å²) in [5, 5.41) is 0.662. The Balaban J connectivity index is 1.86. The average Bonchev–Trinajstić information content (AvgIpc) is 2.69. The van der Waals surface area contributed by atoms with E-state index in [9.17, 15) is 4.39 Å². The van der Waals surface area contributed by atoms with Gasteiger partial charge in [-0.05, 0) is 42.9 Å². The molecule has 0 aliphatic heterocycles. The molecule has 1 heterocycles. The maximum Gasteiger partial charge on any atom is 0.180 e. The fourth-order valence-corrected chi connectivity index (χ4v) is 3.37. The lowest BCUT2D eigenvalue weighted by molar-refractivity contribution is 0.580. The van der Waals surface area contributed by atoms with Crippen molar-refractivity contribution in [3.63, 3.8) is 0 Å². The number of nitrogens with two attached hydrogens (primary N) is 1. The van der Waals surface area contributed by atoms with Crippen LogP contribution in [0, 0.1) is 5.82 Å². The van der Waals surface area contributed by atoms with Crippen LogP contribution in [0.5, 0.6) is 0 Å². The van der Waals surface area contributed by atoms with Crippen molar-refractivity contribution in [1.82, 2.24) is 4.98 Å². The third kappa shape index (κ3) is 2.05. The van der Waals surface area contributed by atoms with Gasteiger partial charge in [-0.2, -0.15) is 0 Å². The van der Waals surface area contributed by atoms with Crippen molar-refractivity contribution >= 4 is 16.5 Å². The Hall–Kier alpha value is -1.42. The Morgan fingerprint density at radius 1 is 1.29 bits per heavy atom. The van der Waals surface area contributed by atoms with Crippen LogP contribution >= 0.6 is 11.3 Å². The molecule has 1 unspecified atom stereocenters. The molecular formula is C13H13FN2S. The molecule has 0 amide bonds. The van der Waals surface area contributed by atoms with Crippen LogP contribution in [0.15, 0.2) is 24.3 Å². The summed E-state index contributed by atoms with van der Waals surface area (Å²) in [5.74, 6) is 0.301. The summed E-state index contributed by atoms with van der Waals surface area (Å²) in [6.07, 6.45) is 3.03. The van der Waals surface area contributed by atoms with Gasteiger partial charge in [0, 0.05) is 4.88 Å². The quantitative estimate of drug-likeness (QED) is 0.842. The number of fused-ring (bicyclic) bond motifs is 1. The molecule has 2 nitrogen and oxygen atoms in total. The van der Waals surface area contributed by atoms with Crippen LogP contribution < -0.4 is 5.73 Å². The second-order valence-electron chi connectivity index (χ2n) is 4.41. The number of benzene rings is 1. The molecule has 1 aromatic carbocycles. The van der Waals surface area contributed by atoms with Gasteiger partial charge >= 0.3 is 0 Å². The van der Waals surface area contributed by atoms with Crippen LogP contribution in [-0.2, 0) is 12.8 Å². The van der Waals surface area contributed by atoms with E-state index in [1.165, 1.54) is 22.6 Å². The van der Waals surface area contributed by atoms with E-state index >= 15 is 0 Å². The molecule has 0 fully saturated rings. The topological polar surface area (TPSA) is 38.9 Å². The molecule has 2 N–H and O–H groups in total. The molecule has 0 bridgehead atoms. The molecule has 0 spiro atoms. The number of nitrogens with zero attached hydrogens (tertiary/aromatic N) is 1. The molecule has 0 radical (unpaired) electrons. The second kappa shape index (κ2) is 4.11. The minimum Gasteiger partial charge on any atom is -0.375 e. The highest BCUT2D eigenvalue weighted by Crippen LogP contribution is 2.36. The van der Waals surface area contributed by atoms with E-state index in [4.69, 9.17) is 5.73 Å². The van der Waals surface area contributed by atoms with Crippen molar-refractivity contribution in [2.45, 2.75) is 25.2 Å². The predicted octanol–water partition coefficient (Wildman–Crippen LogP) is 3.14. The van der Waals surface area contributed by atoms with Crippen LogP contribution in [0.3, 0.4) is 0 Å². The molecule has 1 aliphatic rings. The molecule has 88 valence electrons. The van der Waals surface area contributed by atoms with Crippen molar-refractivity contribution in [2.75, 3.05) is 5.73 Å². The van der Waals surface area contributed by atoms with Crippen LogP contribution in [0.1, 0.15) is 28.5 Å². The summed E-state index contributed by atoms with van der Waals surface area (Å²) in [7, 11) is 0. The number of thiazole rings is 1. The molecule has 0 saturated heterocycles. The Morgan fingerprint density at radius 3 is 2.82 bits per heavy atom. The Bertz CT molecular complexity index is 533. The number of aromatic nitrogens is 1. The van der Waals surface area contributed by atoms with Crippen LogP contribution in [0.4, 0.5) is 9.52 Å². The van der Waals surface area contributed by atoms with Gasteiger partial charge in [0.25, 0.3) is 0 Å². The smallest absolute Gasteiger partial charge is 0.180 e. The lowest BCUT2D eigenvalue weighted by Crippen LogP contribution is -2.11. The fourth-order valence-electron chi connectivity index (χ4n) is 2.41. The third-order valence-corrected chi connectivity index (χ3v) is 4.25. The summed E-state index contributed by atoms with van der Waals surface area (Å²) >= 11 is 1.58. The molecule has 17 heavy (non-hydrogen) atoms. The maximum absolute atomic E-state index is 12.9. The summed E-state index contributed by atoms with van der Waals surface area (Å²) in [6, 6.07) is 6.84. The van der Waals surface area contributed by atoms with E-state index in [-0.39, 0.29) is 5.82 Å². The number of rotatable bonds is 1. The Labute approximate surface area is 103 Å². The lowest BCUT2D eigenvalue weighted by atomic mass is 9.85. The zero-order valence-corrected chi connectivity index (χ0v) is 10.1. The first-order valence-electron chi connectivity index (χ1n) is 5.72. The molecule has 1 aliphatic carbocycles. The average molecular weight is 248 g/mol. The van der Waals surface area contributed by atoms with Gasteiger partial charge in [-0.15, -0.1) is 11.3 Å². The maximum atomic E-state index is 12.9. The number of hydrogen-bond acceptors (Lipinski definition) is 3. The highest BCUT2D eigenvalue weighted by molar-refractivity contribution is 7.15. The number of halogens is 1. The van der Waals surface area contributed by atoms with Gasteiger partial charge in [0.05, 0.1) is 5.69 Å². The minimum atomic E-state index is -0.174. The van der Waals surface area contributed by atoms with Crippen LogP contribution in [0.2, 0.25) is 0 Å². The Morgan fingerprint density at radius 2 is 2.06 bits per heavy atom. The first-order chi connectivity index (χ1) is 8.22. The summed E-state index contributed by atoms with van der Waals surface area (Å²) in [4.78, 5) is 5.62. The van der Waals surface area contributed by atoms with E-state index < -0.39 is 0 Å². The standard InChI is InChI=1S/C13H13FN2S/c14-10-4-1-8(2-5-10)9-3-6-11-12(7-9)17-13(15)16-11/h1-2,4-5,9H,3,6-7H2,(H2,15,16). The van der Waals surface area contributed by atoms with Crippen molar-refractivity contribution in [3.8, 4) is 0 Å². The first kappa shape index (κ1) is 10.7. The highest BCUT2D eigenvalue weighted by Gasteiger charge is 2.23. The molecule has 1 aromatic heterocycles. The second-order valence-corrected chi connectivity index (χ2v) is 5.53. The van der Waals surface area contributed by atoms with Gasteiger partial charge in [-0.25, -0.2) is 9.37 Å². The Kier molecular flexibility index (Phi) is 2.59. The molecule has 2 aromatic rings. The fraction of sp³-hybridized carbons (Fsp3) is 0.308. The summed E-state index contributed by atoms with van der Waals surface area (Å²) in [5.41, 5.74) is 8.09. The minimum absolute atomic E-state index is 0.174. The largest absolute Gasteiger partial charge is 0.375 e. The number of nitrogen functional groups attached to an aromatic ring is 1. The van der Waals surface area contributed by atoms with Gasteiger partial charge in [0.1, 0.15) is 5.82 Å². The number of hydrogen-bond donors (Lipinski definition) is 1. The monoisotopic (exact) mass is 248 g/mol. The van der Waals surface area contributed by atoms with Gasteiger partial charge in [0.15, 0.2) is 5.13 Å². The lowest BCUT2D eigenvalue weighted by Gasteiger charge is -2.21. The zero-order valence-electron chi connectivity index (χ0n) is 9.32. The molecular weight excluding hydrogens is 235 g/mol. The van der Waals surface area contributed by atoms with E-state index in [0.29, 0.717) is 11.0 Å². The van der Waals surface area contributed by atoms with E-state index in [1.807, 2.05) is 12.1 Å². The van der Waals surface area contributed by atoms with Crippen molar-refractivity contribution < 1.29 is 4.39 Å². The molecule has 4 heteroatoms. The van der Waals surface area contributed by atoms with Gasteiger partial charge in [0.2, 0.25) is 0 Å². The van der Waals surface area contributed by atoms with Crippen LogP contribution in [0.25, 0.3) is 0 Å². The van der Waals surface area contributed by atoms with Gasteiger partial charge < -0.3 is 5.73 Å². The van der Waals surface area contributed by atoms with Gasteiger partial charge in [-0.1, -0.05) is 12.1 Å². The normalized spacial score (nSPS) is 19.0. The molecule has 0 saturated carbocycles. The highest BCUT2D eigenvalue weighted by atomic mass is 32.1. The van der Waals surface area contributed by atoms with E-state index in [0.717, 1.165) is 25.0 Å². The third-order valence-electron chi connectivity index (χ3n) is 3.30. The van der Waals surface area contributed by atoms with Gasteiger partial charge in [-0.3, -0.25) is 0 Å². The van der Waals surface area contributed by atoms with E-state index in [1.54, 1.807) is 11.3 Å². The summed E-state index contributed by atoms with van der Waals surface area (Å²) in [6.45, 7) is 0. The van der Waals surface area contributed by atoms with E-state index in [2.05, 4.69) is 4.98 Å². The zero-order chi connectivity index (χ0) is 11.8.